The van der Waals surface area contributed by atoms with Gasteiger partial charge in [0.2, 0.25) is 0 Å². The highest BCUT2D eigenvalue weighted by Gasteiger charge is 2.02. The molecule has 3 heteroatoms. The van der Waals surface area contributed by atoms with Crippen molar-refractivity contribution >= 4 is 11.8 Å². The molecule has 0 fully saturated rings. The second-order valence-corrected chi connectivity index (χ2v) is 5.96. The van der Waals surface area contributed by atoms with Crippen LogP contribution in [0.15, 0.2) is 0 Å². The number of esters is 1. The van der Waals surface area contributed by atoms with Crippen LogP contribution >= 0.6 is 0 Å². The van der Waals surface area contributed by atoms with Crippen molar-refractivity contribution < 1.29 is 14.3 Å². The molecule has 0 saturated carbocycles. The van der Waals surface area contributed by atoms with Crippen LogP contribution in [0.2, 0.25) is 0 Å². The maximum Gasteiger partial charge on any atom is 0.305 e. The van der Waals surface area contributed by atoms with E-state index in [9.17, 15) is 9.59 Å². The Hall–Kier alpha value is -0.860. The van der Waals surface area contributed by atoms with Gasteiger partial charge in [0, 0.05) is 12.8 Å². The lowest BCUT2D eigenvalue weighted by molar-refractivity contribution is -0.143. The average Bonchev–Trinajstić information content (AvgIpc) is 2.45. The SMILES string of the molecule is CCCCCCCCCOC(=O)CCCCCCC(C)=O. The number of Topliss-reactive ketones (excluding diaryl/α,β-unsaturated/α-hetero) is 1. The zero-order valence-corrected chi connectivity index (χ0v) is 14.1. The summed E-state index contributed by atoms with van der Waals surface area (Å²) < 4.78 is 5.22. The minimum atomic E-state index is -0.0625. The summed E-state index contributed by atoms with van der Waals surface area (Å²) in [6.07, 6.45) is 13.8. The predicted octanol–water partition coefficient (Wildman–Crippen LogP) is 5.21. The molecule has 0 saturated heterocycles. The summed E-state index contributed by atoms with van der Waals surface area (Å²) in [5.74, 6) is 0.191. The summed E-state index contributed by atoms with van der Waals surface area (Å²) in [7, 11) is 0. The number of ketones is 1. The van der Waals surface area contributed by atoms with Gasteiger partial charge in [-0.05, 0) is 26.2 Å². The Morgan fingerprint density at radius 2 is 1.24 bits per heavy atom. The number of carbonyl (C=O) groups excluding carboxylic acids is 2. The lowest BCUT2D eigenvalue weighted by Gasteiger charge is -2.05. The van der Waals surface area contributed by atoms with Crippen molar-refractivity contribution in [1.29, 1.82) is 0 Å². The first-order chi connectivity index (χ1) is 10.2. The van der Waals surface area contributed by atoms with E-state index in [0.29, 0.717) is 19.4 Å². The number of unbranched alkanes of at least 4 members (excludes halogenated alkanes) is 9. The zero-order valence-electron chi connectivity index (χ0n) is 14.1. The number of hydrogen-bond acceptors (Lipinski definition) is 3. The first-order valence-corrected chi connectivity index (χ1v) is 8.82. The minimum Gasteiger partial charge on any atom is -0.466 e. The van der Waals surface area contributed by atoms with Gasteiger partial charge >= 0.3 is 5.97 Å². The van der Waals surface area contributed by atoms with Crippen LogP contribution in [0.3, 0.4) is 0 Å². The molecule has 0 heterocycles. The van der Waals surface area contributed by atoms with Crippen molar-refractivity contribution in [3.8, 4) is 0 Å². The molecule has 124 valence electrons. The molecule has 0 amide bonds. The van der Waals surface area contributed by atoms with E-state index in [1.165, 1.54) is 38.5 Å². The fraction of sp³-hybridized carbons (Fsp3) is 0.889. The van der Waals surface area contributed by atoms with Gasteiger partial charge in [-0.25, -0.2) is 0 Å². The highest BCUT2D eigenvalue weighted by atomic mass is 16.5. The molecule has 0 aromatic rings. The molecule has 0 atom stereocenters. The molecule has 3 nitrogen and oxygen atoms in total. The quantitative estimate of drug-likeness (QED) is 0.308. The normalized spacial score (nSPS) is 10.6. The van der Waals surface area contributed by atoms with Crippen LogP contribution in [0.25, 0.3) is 0 Å². The Balaban J connectivity index is 3.18. The molecule has 0 aliphatic rings. The Bertz CT molecular complexity index is 261. The molecule has 0 rings (SSSR count). The van der Waals surface area contributed by atoms with Crippen LogP contribution < -0.4 is 0 Å². The van der Waals surface area contributed by atoms with Gasteiger partial charge in [-0.15, -0.1) is 0 Å². The van der Waals surface area contributed by atoms with Gasteiger partial charge in [0.05, 0.1) is 6.61 Å². The van der Waals surface area contributed by atoms with Gasteiger partial charge in [-0.1, -0.05) is 58.3 Å². The highest BCUT2D eigenvalue weighted by molar-refractivity contribution is 5.75. The van der Waals surface area contributed by atoms with E-state index < -0.39 is 0 Å². The average molecular weight is 298 g/mol. The third-order valence-corrected chi connectivity index (χ3v) is 3.67. The Labute approximate surface area is 130 Å². The molecule has 0 aliphatic heterocycles. The summed E-state index contributed by atoms with van der Waals surface area (Å²) in [5.41, 5.74) is 0. The van der Waals surface area contributed by atoms with E-state index >= 15 is 0 Å². The zero-order chi connectivity index (χ0) is 15.8. The van der Waals surface area contributed by atoms with Crippen molar-refractivity contribution in [2.24, 2.45) is 0 Å². The first kappa shape index (κ1) is 20.1. The largest absolute Gasteiger partial charge is 0.466 e. The standard InChI is InChI=1S/C18H34O3/c1-3-4-5-6-7-10-13-16-21-18(20)15-12-9-8-11-14-17(2)19/h3-16H2,1-2H3. The summed E-state index contributed by atoms with van der Waals surface area (Å²) in [4.78, 5) is 22.2. The molecule has 0 aromatic carbocycles. The van der Waals surface area contributed by atoms with Crippen LogP contribution in [-0.2, 0) is 14.3 Å². The third-order valence-electron chi connectivity index (χ3n) is 3.67. The molecule has 0 aliphatic carbocycles. The Kier molecular flexibility index (Phi) is 14.9. The second kappa shape index (κ2) is 15.5. The lowest BCUT2D eigenvalue weighted by Crippen LogP contribution is -2.05. The topological polar surface area (TPSA) is 43.4 Å². The number of ether oxygens (including phenoxy) is 1. The maximum atomic E-state index is 11.5. The molecular formula is C18H34O3. The van der Waals surface area contributed by atoms with Crippen molar-refractivity contribution in [1.82, 2.24) is 0 Å². The van der Waals surface area contributed by atoms with Crippen LogP contribution in [-0.4, -0.2) is 18.4 Å². The Morgan fingerprint density at radius 1 is 0.714 bits per heavy atom. The van der Waals surface area contributed by atoms with E-state index in [1.54, 1.807) is 6.92 Å². The number of rotatable bonds is 15. The van der Waals surface area contributed by atoms with Crippen LogP contribution in [0, 0.1) is 0 Å². The summed E-state index contributed by atoms with van der Waals surface area (Å²) in [6, 6.07) is 0. The molecular weight excluding hydrogens is 264 g/mol. The van der Waals surface area contributed by atoms with E-state index in [1.807, 2.05) is 0 Å². The van der Waals surface area contributed by atoms with Gasteiger partial charge in [0.25, 0.3) is 0 Å². The molecule has 0 unspecified atom stereocenters. The molecule has 21 heavy (non-hydrogen) atoms. The van der Waals surface area contributed by atoms with E-state index in [4.69, 9.17) is 4.74 Å². The van der Waals surface area contributed by atoms with Crippen molar-refractivity contribution in [3.05, 3.63) is 0 Å². The fourth-order valence-electron chi connectivity index (χ4n) is 2.31. The van der Waals surface area contributed by atoms with Crippen LogP contribution in [0.4, 0.5) is 0 Å². The molecule has 0 N–H and O–H groups in total. The molecule has 0 spiro atoms. The summed E-state index contributed by atoms with van der Waals surface area (Å²) >= 11 is 0. The highest BCUT2D eigenvalue weighted by Crippen LogP contribution is 2.08. The second-order valence-electron chi connectivity index (χ2n) is 5.96. The smallest absolute Gasteiger partial charge is 0.305 e. The van der Waals surface area contributed by atoms with Crippen LogP contribution in [0.5, 0.6) is 0 Å². The number of hydrogen-bond donors (Lipinski definition) is 0. The van der Waals surface area contributed by atoms with Crippen molar-refractivity contribution in [3.63, 3.8) is 0 Å². The van der Waals surface area contributed by atoms with Gasteiger partial charge in [-0.2, -0.15) is 0 Å². The van der Waals surface area contributed by atoms with E-state index in [-0.39, 0.29) is 11.8 Å². The van der Waals surface area contributed by atoms with Gasteiger partial charge in [-0.3, -0.25) is 4.79 Å². The monoisotopic (exact) mass is 298 g/mol. The van der Waals surface area contributed by atoms with Gasteiger partial charge in [0.1, 0.15) is 5.78 Å². The Morgan fingerprint density at radius 3 is 1.86 bits per heavy atom. The third kappa shape index (κ3) is 17.1. The van der Waals surface area contributed by atoms with Crippen molar-refractivity contribution in [2.75, 3.05) is 6.61 Å². The van der Waals surface area contributed by atoms with Gasteiger partial charge < -0.3 is 9.53 Å². The number of carbonyl (C=O) groups is 2. The minimum absolute atomic E-state index is 0.0625. The van der Waals surface area contributed by atoms with E-state index in [0.717, 1.165) is 32.1 Å². The lowest BCUT2D eigenvalue weighted by atomic mass is 10.1. The maximum absolute atomic E-state index is 11.5. The van der Waals surface area contributed by atoms with E-state index in [2.05, 4.69) is 6.92 Å². The van der Waals surface area contributed by atoms with Crippen molar-refractivity contribution in [2.45, 2.75) is 97.3 Å². The first-order valence-electron chi connectivity index (χ1n) is 8.82. The summed E-state index contributed by atoms with van der Waals surface area (Å²) in [5, 5.41) is 0. The predicted molar refractivity (Wildman–Crippen MR) is 87.3 cm³/mol. The summed E-state index contributed by atoms with van der Waals surface area (Å²) in [6.45, 7) is 4.43. The van der Waals surface area contributed by atoms with Crippen LogP contribution in [0.1, 0.15) is 97.3 Å². The fourth-order valence-corrected chi connectivity index (χ4v) is 2.31. The van der Waals surface area contributed by atoms with Gasteiger partial charge in [0.15, 0.2) is 0 Å². The molecule has 0 bridgehead atoms. The molecule has 0 radical (unpaired) electrons. The molecule has 0 aromatic heterocycles.